The van der Waals surface area contributed by atoms with Gasteiger partial charge >= 0.3 is 6.01 Å². The lowest BCUT2D eigenvalue weighted by molar-refractivity contribution is 0.00336. The minimum Gasteiger partial charge on any atom is -0.456 e. The second-order valence-electron chi connectivity index (χ2n) is 10.0. The van der Waals surface area contributed by atoms with Crippen molar-refractivity contribution in [1.29, 1.82) is 0 Å². The number of halogens is 2. The Morgan fingerprint density at radius 2 is 2.00 bits per heavy atom. The first kappa shape index (κ1) is 25.1. The Bertz CT molecular complexity index is 1210. The molecule has 188 valence electrons. The van der Waals surface area contributed by atoms with Gasteiger partial charge in [0.1, 0.15) is 35.2 Å². The van der Waals surface area contributed by atoms with Crippen LogP contribution in [0.15, 0.2) is 29.0 Å². The average molecular weight is 584 g/mol. The zero-order chi connectivity index (χ0) is 24.7. The number of aliphatic hydroxyl groups is 1. The van der Waals surface area contributed by atoms with Crippen molar-refractivity contribution in [2.45, 2.75) is 56.8 Å². The molecule has 0 aliphatic carbocycles. The van der Waals surface area contributed by atoms with E-state index in [1.807, 2.05) is 16.7 Å². The molecule has 2 fully saturated rings. The molecule has 35 heavy (non-hydrogen) atoms. The number of rotatable bonds is 8. The first-order valence-electron chi connectivity index (χ1n) is 11.5. The summed E-state index contributed by atoms with van der Waals surface area (Å²) in [6.07, 6.45) is -0.0899. The van der Waals surface area contributed by atoms with E-state index in [2.05, 4.69) is 45.5 Å². The van der Waals surface area contributed by atoms with Gasteiger partial charge in [-0.15, -0.1) is 0 Å². The Kier molecular flexibility index (Phi) is 7.19. The molecule has 5 rings (SSSR count). The standard InChI is InChI=1S/C23H28BrClN4O5Si/c1-35(2,3)7-6-31-12-29-22-15(8-14(25)19(28-22)13-4-5-18(24)26-9-13)27-23(29)34-17-11-33-20-16(30)10-32-21(17)20/h4-5,8-9,16-17,20-21,30H,6-7,10-12H2,1-3H3/t16-,17?,20?,21-/m1/s1. The van der Waals surface area contributed by atoms with E-state index in [1.54, 1.807) is 12.3 Å². The van der Waals surface area contributed by atoms with Gasteiger partial charge in [-0.3, -0.25) is 4.57 Å². The summed E-state index contributed by atoms with van der Waals surface area (Å²) in [5.74, 6) is 0. The lowest BCUT2D eigenvalue weighted by atomic mass is 10.1. The molecule has 2 aliphatic heterocycles. The van der Waals surface area contributed by atoms with Crippen LogP contribution in [0.3, 0.4) is 0 Å². The van der Waals surface area contributed by atoms with Crippen LogP contribution in [0, 0.1) is 0 Å². The van der Waals surface area contributed by atoms with Crippen LogP contribution < -0.4 is 4.74 Å². The second kappa shape index (κ2) is 10.0. The van der Waals surface area contributed by atoms with Gasteiger partial charge in [-0.25, -0.2) is 9.97 Å². The number of pyridine rings is 2. The number of fused-ring (bicyclic) bond motifs is 2. The van der Waals surface area contributed by atoms with Gasteiger partial charge < -0.3 is 24.1 Å². The number of ether oxygens (including phenoxy) is 4. The molecule has 2 unspecified atom stereocenters. The van der Waals surface area contributed by atoms with Gasteiger partial charge in [-0.2, -0.15) is 4.98 Å². The van der Waals surface area contributed by atoms with Crippen LogP contribution in [-0.2, 0) is 20.9 Å². The fourth-order valence-electron chi connectivity index (χ4n) is 4.14. The number of hydrogen-bond acceptors (Lipinski definition) is 8. The summed E-state index contributed by atoms with van der Waals surface area (Å²) < 4.78 is 26.3. The maximum atomic E-state index is 10.1. The third kappa shape index (κ3) is 5.41. The summed E-state index contributed by atoms with van der Waals surface area (Å²) in [5.41, 5.74) is 2.57. The van der Waals surface area contributed by atoms with E-state index in [0.717, 1.165) is 16.2 Å². The molecule has 9 nitrogen and oxygen atoms in total. The third-order valence-corrected chi connectivity index (χ3v) is 8.56. The highest BCUT2D eigenvalue weighted by Crippen LogP contribution is 2.34. The predicted molar refractivity (Wildman–Crippen MR) is 137 cm³/mol. The molecule has 5 heterocycles. The smallest absolute Gasteiger partial charge is 0.301 e. The first-order valence-corrected chi connectivity index (χ1v) is 16.4. The van der Waals surface area contributed by atoms with Crippen LogP contribution in [0.25, 0.3) is 22.4 Å². The summed E-state index contributed by atoms with van der Waals surface area (Å²) in [6.45, 7) is 8.33. The van der Waals surface area contributed by atoms with Gasteiger partial charge in [-0.1, -0.05) is 31.2 Å². The van der Waals surface area contributed by atoms with Gasteiger partial charge in [0.15, 0.2) is 11.8 Å². The molecule has 1 N–H and O–H groups in total. The lowest BCUT2D eigenvalue weighted by Gasteiger charge is -2.19. The molecule has 0 spiro atoms. The molecule has 4 atom stereocenters. The summed E-state index contributed by atoms with van der Waals surface area (Å²) in [5, 5.41) is 10.5. The maximum Gasteiger partial charge on any atom is 0.301 e. The van der Waals surface area contributed by atoms with Crippen molar-refractivity contribution in [2.75, 3.05) is 19.8 Å². The average Bonchev–Trinajstić information content (AvgIpc) is 3.46. The van der Waals surface area contributed by atoms with Crippen LogP contribution in [-0.4, -0.2) is 76.9 Å². The van der Waals surface area contributed by atoms with Gasteiger partial charge in [0.05, 0.1) is 23.9 Å². The molecule has 0 saturated carbocycles. The minimum atomic E-state index is -1.24. The molecular formula is C23H28BrClN4O5Si. The topological polar surface area (TPSA) is 101 Å². The Morgan fingerprint density at radius 3 is 2.74 bits per heavy atom. The molecule has 0 bridgehead atoms. The van der Waals surface area contributed by atoms with E-state index < -0.39 is 26.4 Å². The Hall–Kier alpha value is -1.60. The zero-order valence-corrected chi connectivity index (χ0v) is 23.1. The molecule has 0 aromatic carbocycles. The van der Waals surface area contributed by atoms with Crippen molar-refractivity contribution in [3.63, 3.8) is 0 Å². The van der Waals surface area contributed by atoms with E-state index in [-0.39, 0.29) is 19.4 Å². The molecule has 3 aromatic heterocycles. The zero-order valence-electron chi connectivity index (χ0n) is 19.8. The molecule has 3 aromatic rings. The van der Waals surface area contributed by atoms with E-state index >= 15 is 0 Å². The summed E-state index contributed by atoms with van der Waals surface area (Å²) >= 11 is 9.95. The largest absolute Gasteiger partial charge is 0.456 e. The SMILES string of the molecule is C[Si](C)(C)CCOCn1c(OC2COC3[C@@H]2OC[C@H]3O)nc2cc(Cl)c(-c3ccc(Br)nc3)nc21. The van der Waals surface area contributed by atoms with E-state index in [9.17, 15) is 5.11 Å². The highest BCUT2D eigenvalue weighted by atomic mass is 79.9. The Labute approximate surface area is 217 Å². The van der Waals surface area contributed by atoms with Gasteiger partial charge in [0.2, 0.25) is 0 Å². The van der Waals surface area contributed by atoms with Crippen LogP contribution in [0.1, 0.15) is 0 Å². The fourth-order valence-corrected chi connectivity index (χ4v) is 5.39. The van der Waals surface area contributed by atoms with Crippen molar-refractivity contribution in [1.82, 2.24) is 19.5 Å². The number of aromatic nitrogens is 4. The van der Waals surface area contributed by atoms with Crippen molar-refractivity contribution < 1.29 is 24.1 Å². The van der Waals surface area contributed by atoms with E-state index in [1.165, 1.54) is 0 Å². The molecule has 2 saturated heterocycles. The summed E-state index contributed by atoms with van der Waals surface area (Å²) in [7, 11) is -1.24. The molecular weight excluding hydrogens is 556 g/mol. The lowest BCUT2D eigenvalue weighted by Crippen LogP contribution is -2.35. The minimum absolute atomic E-state index is 0.229. The first-order chi connectivity index (χ1) is 16.7. The molecule has 0 amide bonds. The summed E-state index contributed by atoms with van der Waals surface area (Å²) in [4.78, 5) is 13.8. The fraction of sp³-hybridized carbons (Fsp3) is 0.522. The van der Waals surface area contributed by atoms with Gasteiger partial charge in [-0.05, 0) is 40.2 Å². The highest BCUT2D eigenvalue weighted by Gasteiger charge is 2.49. The van der Waals surface area contributed by atoms with Crippen LogP contribution in [0.4, 0.5) is 0 Å². The van der Waals surface area contributed by atoms with Gasteiger partial charge in [0.25, 0.3) is 0 Å². The van der Waals surface area contributed by atoms with E-state index in [0.29, 0.717) is 41.1 Å². The van der Waals surface area contributed by atoms with Crippen molar-refractivity contribution in [3.05, 3.63) is 34.0 Å². The maximum absolute atomic E-state index is 10.1. The number of hydrogen-bond donors (Lipinski definition) is 1. The number of nitrogens with zero attached hydrogens (tertiary/aromatic N) is 4. The molecule has 0 radical (unpaired) electrons. The van der Waals surface area contributed by atoms with Crippen LogP contribution in [0.2, 0.25) is 30.7 Å². The van der Waals surface area contributed by atoms with Crippen molar-refractivity contribution in [3.8, 4) is 17.3 Å². The Morgan fingerprint density at radius 1 is 1.20 bits per heavy atom. The number of imidazole rings is 1. The third-order valence-electron chi connectivity index (χ3n) is 6.10. The molecule has 2 aliphatic rings. The van der Waals surface area contributed by atoms with Crippen molar-refractivity contribution in [2.24, 2.45) is 0 Å². The molecule has 12 heteroatoms. The monoisotopic (exact) mass is 582 g/mol. The normalized spacial score (nSPS) is 24.3. The van der Waals surface area contributed by atoms with E-state index in [4.69, 9.17) is 35.5 Å². The predicted octanol–water partition coefficient (Wildman–Crippen LogP) is 4.13. The van der Waals surface area contributed by atoms with Crippen LogP contribution in [0.5, 0.6) is 6.01 Å². The van der Waals surface area contributed by atoms with Crippen molar-refractivity contribution >= 4 is 46.8 Å². The van der Waals surface area contributed by atoms with Crippen LogP contribution >= 0.6 is 27.5 Å². The Balaban J connectivity index is 1.47. The van der Waals surface area contributed by atoms with Gasteiger partial charge in [0, 0.05) is 26.4 Å². The quantitative estimate of drug-likeness (QED) is 0.240. The highest BCUT2D eigenvalue weighted by molar-refractivity contribution is 9.10. The second-order valence-corrected chi connectivity index (χ2v) is 16.9. The number of aliphatic hydroxyl groups excluding tert-OH is 1. The summed E-state index contributed by atoms with van der Waals surface area (Å²) in [6, 6.07) is 6.91.